The van der Waals surface area contributed by atoms with Gasteiger partial charge in [0.2, 0.25) is 5.91 Å². The molecule has 35 heavy (non-hydrogen) atoms. The lowest BCUT2D eigenvalue weighted by Gasteiger charge is -2.37. The van der Waals surface area contributed by atoms with Crippen molar-refractivity contribution in [3.8, 4) is 0 Å². The van der Waals surface area contributed by atoms with Crippen LogP contribution >= 0.6 is 0 Å². The topological polar surface area (TPSA) is 76.0 Å². The molecular weight excluding hydrogens is 463 g/mol. The molecule has 0 bridgehead atoms. The molecule has 0 saturated carbocycles. The van der Waals surface area contributed by atoms with Gasteiger partial charge < -0.3 is 14.2 Å². The fourth-order valence-corrected chi connectivity index (χ4v) is 4.73. The van der Waals surface area contributed by atoms with E-state index in [1.165, 1.54) is 10.7 Å². The zero-order valence-corrected chi connectivity index (χ0v) is 19.2. The standard InChI is InChI=1S/C24H24F3N5O3/c1-3-18(32-23(34)20-14-21-19(7-12-35-21)31(20)15(2)28-32)22(33)30-10-8-29(9-11-30)17-6-4-5-16(13-17)24(25,26)27/h4-7,12-14,18H,3,8-11H2,1-2H3/t18-/m1/s1. The molecule has 3 aromatic heterocycles. The molecule has 0 radical (unpaired) electrons. The third kappa shape index (κ3) is 3.94. The van der Waals surface area contributed by atoms with Crippen molar-refractivity contribution in [2.75, 3.05) is 31.1 Å². The molecular formula is C24H24F3N5O3. The van der Waals surface area contributed by atoms with E-state index in [0.29, 0.717) is 55.2 Å². The summed E-state index contributed by atoms with van der Waals surface area (Å²) < 4.78 is 47.6. The van der Waals surface area contributed by atoms with Crippen LogP contribution in [0.3, 0.4) is 0 Å². The Morgan fingerprint density at radius 1 is 1.11 bits per heavy atom. The maximum absolute atomic E-state index is 13.4. The minimum atomic E-state index is -4.41. The van der Waals surface area contributed by atoms with Gasteiger partial charge in [-0.2, -0.15) is 18.3 Å². The number of carbonyl (C=O) groups is 1. The number of amides is 1. The van der Waals surface area contributed by atoms with Crippen LogP contribution in [0.15, 0.2) is 51.9 Å². The van der Waals surface area contributed by atoms with Crippen molar-refractivity contribution in [1.82, 2.24) is 19.1 Å². The molecule has 1 saturated heterocycles. The van der Waals surface area contributed by atoms with E-state index in [2.05, 4.69) is 5.10 Å². The number of benzene rings is 1. The Balaban J connectivity index is 1.37. The molecule has 1 fully saturated rings. The summed E-state index contributed by atoms with van der Waals surface area (Å²) in [7, 11) is 0. The molecule has 5 rings (SSSR count). The van der Waals surface area contributed by atoms with Crippen LogP contribution in [0, 0.1) is 6.92 Å². The molecule has 1 aliphatic heterocycles. The van der Waals surface area contributed by atoms with Crippen LogP contribution in [0.2, 0.25) is 0 Å². The highest BCUT2D eigenvalue weighted by molar-refractivity contribution is 5.83. The van der Waals surface area contributed by atoms with Crippen LogP contribution in [0.4, 0.5) is 18.9 Å². The lowest BCUT2D eigenvalue weighted by molar-refractivity contribution is -0.137. The number of halogens is 3. The maximum Gasteiger partial charge on any atom is 0.416 e. The fraction of sp³-hybridized carbons (Fsp3) is 0.375. The Labute approximate surface area is 198 Å². The molecule has 8 nitrogen and oxygen atoms in total. The molecule has 0 N–H and O–H groups in total. The van der Waals surface area contributed by atoms with Crippen LogP contribution in [-0.4, -0.2) is 51.2 Å². The molecule has 0 unspecified atom stereocenters. The van der Waals surface area contributed by atoms with E-state index in [0.717, 1.165) is 17.6 Å². The summed E-state index contributed by atoms with van der Waals surface area (Å²) in [5, 5.41) is 4.45. The van der Waals surface area contributed by atoms with Crippen molar-refractivity contribution in [2.24, 2.45) is 0 Å². The number of alkyl halides is 3. The minimum Gasteiger partial charge on any atom is -0.463 e. The predicted octanol–water partition coefficient (Wildman–Crippen LogP) is 3.87. The number of fused-ring (bicyclic) bond motifs is 3. The monoisotopic (exact) mass is 487 g/mol. The van der Waals surface area contributed by atoms with Gasteiger partial charge >= 0.3 is 6.18 Å². The van der Waals surface area contributed by atoms with Gasteiger partial charge in [-0.05, 0) is 31.5 Å². The van der Waals surface area contributed by atoms with E-state index in [4.69, 9.17) is 4.42 Å². The Hall–Kier alpha value is -3.76. The summed E-state index contributed by atoms with van der Waals surface area (Å²) in [5.74, 6) is 0.321. The zero-order chi connectivity index (χ0) is 24.9. The average molecular weight is 487 g/mol. The molecule has 1 aliphatic rings. The van der Waals surface area contributed by atoms with Gasteiger partial charge in [0, 0.05) is 44.0 Å². The molecule has 1 atom stereocenters. The molecule has 184 valence electrons. The first-order valence-corrected chi connectivity index (χ1v) is 11.4. The SMILES string of the molecule is CC[C@H](C(=O)N1CCN(c2cccc(C(F)(F)F)c2)CC1)n1nc(C)n2c(cc3occc32)c1=O. The summed E-state index contributed by atoms with van der Waals surface area (Å²) >= 11 is 0. The number of piperazine rings is 1. The number of nitrogens with zero attached hydrogens (tertiary/aromatic N) is 5. The van der Waals surface area contributed by atoms with Crippen LogP contribution in [0.5, 0.6) is 0 Å². The van der Waals surface area contributed by atoms with Crippen LogP contribution < -0.4 is 10.5 Å². The van der Waals surface area contributed by atoms with E-state index in [1.807, 2.05) is 11.8 Å². The molecule has 1 aromatic carbocycles. The van der Waals surface area contributed by atoms with Crippen molar-refractivity contribution < 1.29 is 22.4 Å². The largest absolute Gasteiger partial charge is 0.463 e. The Morgan fingerprint density at radius 3 is 2.54 bits per heavy atom. The summed E-state index contributed by atoms with van der Waals surface area (Å²) in [6.07, 6.45) is -2.50. The lowest BCUT2D eigenvalue weighted by Crippen LogP contribution is -2.51. The smallest absolute Gasteiger partial charge is 0.416 e. The van der Waals surface area contributed by atoms with Gasteiger partial charge in [0.15, 0.2) is 5.58 Å². The summed E-state index contributed by atoms with van der Waals surface area (Å²) in [5.41, 5.74) is 1.06. The first-order chi connectivity index (χ1) is 16.7. The number of furan rings is 1. The Morgan fingerprint density at radius 2 is 1.86 bits per heavy atom. The predicted molar refractivity (Wildman–Crippen MR) is 124 cm³/mol. The van der Waals surface area contributed by atoms with E-state index in [1.54, 1.807) is 40.7 Å². The second kappa shape index (κ2) is 8.47. The highest BCUT2D eigenvalue weighted by Gasteiger charge is 2.33. The summed E-state index contributed by atoms with van der Waals surface area (Å²) in [6, 6.07) is 7.81. The number of anilines is 1. The van der Waals surface area contributed by atoms with Crippen molar-refractivity contribution >= 4 is 28.2 Å². The van der Waals surface area contributed by atoms with E-state index in [-0.39, 0.29) is 11.5 Å². The van der Waals surface area contributed by atoms with E-state index in [9.17, 15) is 22.8 Å². The second-order valence-corrected chi connectivity index (χ2v) is 8.62. The van der Waals surface area contributed by atoms with Gasteiger partial charge in [0.05, 0.1) is 17.3 Å². The van der Waals surface area contributed by atoms with E-state index >= 15 is 0 Å². The molecule has 0 aliphatic carbocycles. The van der Waals surface area contributed by atoms with Crippen LogP contribution in [-0.2, 0) is 11.0 Å². The Bertz CT molecular complexity index is 1460. The van der Waals surface area contributed by atoms with Gasteiger partial charge in [-0.3, -0.25) is 14.0 Å². The molecule has 4 aromatic rings. The van der Waals surface area contributed by atoms with Crippen LogP contribution in [0.25, 0.3) is 16.6 Å². The number of rotatable bonds is 4. The zero-order valence-electron chi connectivity index (χ0n) is 19.2. The van der Waals surface area contributed by atoms with Gasteiger partial charge in [-0.15, -0.1) is 0 Å². The number of carbonyl (C=O) groups excluding carboxylic acids is 1. The molecule has 4 heterocycles. The summed E-state index contributed by atoms with van der Waals surface area (Å²) in [4.78, 5) is 30.1. The van der Waals surface area contributed by atoms with Gasteiger partial charge in [0.1, 0.15) is 17.4 Å². The van der Waals surface area contributed by atoms with Gasteiger partial charge in [-0.1, -0.05) is 13.0 Å². The van der Waals surface area contributed by atoms with E-state index < -0.39 is 17.8 Å². The molecule has 1 amide bonds. The molecule has 0 spiro atoms. The first-order valence-electron chi connectivity index (χ1n) is 11.4. The normalized spacial score (nSPS) is 15.8. The minimum absolute atomic E-state index is 0.232. The van der Waals surface area contributed by atoms with Gasteiger partial charge in [-0.25, -0.2) is 4.68 Å². The average Bonchev–Trinajstić information content (AvgIpc) is 3.44. The highest BCUT2D eigenvalue weighted by atomic mass is 19.4. The van der Waals surface area contributed by atoms with Gasteiger partial charge in [0.25, 0.3) is 5.56 Å². The number of aryl methyl sites for hydroxylation is 1. The van der Waals surface area contributed by atoms with Crippen LogP contribution in [0.1, 0.15) is 30.8 Å². The van der Waals surface area contributed by atoms with Crippen molar-refractivity contribution in [3.63, 3.8) is 0 Å². The second-order valence-electron chi connectivity index (χ2n) is 8.62. The third-order valence-corrected chi connectivity index (χ3v) is 6.52. The van der Waals surface area contributed by atoms with Crippen molar-refractivity contribution in [2.45, 2.75) is 32.5 Å². The summed E-state index contributed by atoms with van der Waals surface area (Å²) in [6.45, 7) is 5.02. The first kappa shape index (κ1) is 23.0. The number of hydrogen-bond donors (Lipinski definition) is 0. The fourth-order valence-electron chi connectivity index (χ4n) is 4.73. The third-order valence-electron chi connectivity index (χ3n) is 6.52. The van der Waals surface area contributed by atoms with Crippen molar-refractivity contribution in [1.29, 1.82) is 0 Å². The highest BCUT2D eigenvalue weighted by Crippen LogP contribution is 2.32. The lowest BCUT2D eigenvalue weighted by atomic mass is 10.1. The van der Waals surface area contributed by atoms with Crippen molar-refractivity contribution in [3.05, 3.63) is 64.4 Å². The number of hydrogen-bond acceptors (Lipinski definition) is 5. The number of aromatic nitrogens is 3. The maximum atomic E-state index is 13.4. The molecule has 11 heteroatoms. The quantitative estimate of drug-likeness (QED) is 0.437. The Kier molecular flexibility index (Phi) is 5.57.